The highest BCUT2D eigenvalue weighted by atomic mass is 35.5. The van der Waals surface area contributed by atoms with Crippen LogP contribution in [0.4, 0.5) is 15.2 Å². The lowest BCUT2D eigenvalue weighted by atomic mass is 9.94. The van der Waals surface area contributed by atoms with E-state index in [-0.39, 0.29) is 16.2 Å². The number of hydrogen-bond donors (Lipinski definition) is 2. The molecule has 0 amide bonds. The number of rotatable bonds is 9. The van der Waals surface area contributed by atoms with E-state index in [0.717, 1.165) is 41.9 Å². The fraction of sp³-hybridized carbons (Fsp3) is 0.286. The van der Waals surface area contributed by atoms with E-state index >= 15 is 0 Å². The Kier molecular flexibility index (Phi) is 7.33. The Bertz CT molecular complexity index is 1080. The molecule has 0 spiro atoms. The molecule has 2 atom stereocenters. The lowest BCUT2D eigenvalue weighted by Gasteiger charge is -2.24. The minimum atomic E-state index is -4.15. The zero-order chi connectivity index (χ0) is 21.7. The molecule has 30 heavy (non-hydrogen) atoms. The number of thiazole rings is 1. The number of sulfonamides is 1. The smallest absolute Gasteiger partial charge is 0.266 e. The fourth-order valence-electron chi connectivity index (χ4n) is 3.01. The molecule has 3 rings (SSSR count). The Morgan fingerprint density at radius 1 is 1.23 bits per heavy atom. The minimum Gasteiger partial charge on any atom is -0.377 e. The summed E-state index contributed by atoms with van der Waals surface area (Å²) in [7, 11) is -4.15. The van der Waals surface area contributed by atoms with Crippen LogP contribution in [0.1, 0.15) is 38.3 Å². The van der Waals surface area contributed by atoms with Gasteiger partial charge in [-0.05, 0) is 30.0 Å². The summed E-state index contributed by atoms with van der Waals surface area (Å²) >= 11 is 7.46. The minimum absolute atomic E-state index is 0.0889. The summed E-state index contributed by atoms with van der Waals surface area (Å²) in [6.07, 6.45) is 3.29. The first-order valence-electron chi connectivity index (χ1n) is 9.53. The van der Waals surface area contributed by atoms with Gasteiger partial charge in [0.15, 0.2) is 5.13 Å². The Morgan fingerprint density at radius 2 is 1.97 bits per heavy atom. The van der Waals surface area contributed by atoms with E-state index in [0.29, 0.717) is 11.6 Å². The van der Waals surface area contributed by atoms with Gasteiger partial charge in [-0.15, -0.1) is 11.3 Å². The number of nitrogens with zero attached hydrogens (tertiary/aromatic N) is 1. The molecule has 0 fully saturated rings. The first-order valence-corrected chi connectivity index (χ1v) is 12.3. The highest BCUT2D eigenvalue weighted by molar-refractivity contribution is 7.93. The molecule has 2 N–H and O–H groups in total. The molecule has 0 aliphatic rings. The summed E-state index contributed by atoms with van der Waals surface area (Å²) in [4.78, 5) is 3.34. The Labute approximate surface area is 185 Å². The summed E-state index contributed by atoms with van der Waals surface area (Å²) in [5.41, 5.74) is 1.40. The van der Waals surface area contributed by atoms with Gasteiger partial charge >= 0.3 is 0 Å². The van der Waals surface area contributed by atoms with Gasteiger partial charge in [-0.2, -0.15) is 0 Å². The third-order valence-corrected chi connectivity index (χ3v) is 7.32. The second kappa shape index (κ2) is 9.76. The first kappa shape index (κ1) is 22.5. The average Bonchev–Trinajstić information content (AvgIpc) is 3.22. The van der Waals surface area contributed by atoms with Gasteiger partial charge in [-0.1, -0.05) is 62.2 Å². The van der Waals surface area contributed by atoms with E-state index in [9.17, 15) is 12.8 Å². The van der Waals surface area contributed by atoms with Crippen molar-refractivity contribution in [2.75, 3.05) is 10.0 Å². The molecule has 0 saturated heterocycles. The molecule has 1 heterocycles. The summed E-state index contributed by atoms with van der Waals surface area (Å²) < 4.78 is 42.2. The number of halogens is 2. The SMILES string of the molecule is CCC(C)CC(Nc1cc(F)c(S(=O)(=O)Nc2nccs2)cc1Cl)c1ccccc1. The topological polar surface area (TPSA) is 71.1 Å². The van der Waals surface area contributed by atoms with Crippen molar-refractivity contribution in [3.63, 3.8) is 0 Å². The quantitative estimate of drug-likeness (QED) is 0.386. The normalized spacial score (nSPS) is 13.6. The molecule has 5 nitrogen and oxygen atoms in total. The highest BCUT2D eigenvalue weighted by Gasteiger charge is 2.24. The van der Waals surface area contributed by atoms with Crippen molar-refractivity contribution in [1.82, 2.24) is 4.98 Å². The molecule has 1 aromatic heterocycles. The van der Waals surface area contributed by atoms with E-state index < -0.39 is 20.7 Å². The highest BCUT2D eigenvalue weighted by Crippen LogP contribution is 2.34. The molecule has 2 aromatic carbocycles. The van der Waals surface area contributed by atoms with Crippen LogP contribution in [0.3, 0.4) is 0 Å². The zero-order valence-corrected chi connectivity index (χ0v) is 19.0. The van der Waals surface area contributed by atoms with E-state index in [2.05, 4.69) is 28.9 Å². The van der Waals surface area contributed by atoms with Crippen LogP contribution >= 0.6 is 22.9 Å². The summed E-state index contributed by atoms with van der Waals surface area (Å²) in [6.45, 7) is 4.27. The predicted molar refractivity (Wildman–Crippen MR) is 121 cm³/mol. The van der Waals surface area contributed by atoms with Crippen LogP contribution in [0.15, 0.2) is 58.9 Å². The Morgan fingerprint density at radius 3 is 2.60 bits per heavy atom. The molecule has 2 unspecified atom stereocenters. The maximum atomic E-state index is 14.8. The number of anilines is 2. The van der Waals surface area contributed by atoms with E-state index in [4.69, 9.17) is 11.6 Å². The number of hydrogen-bond acceptors (Lipinski definition) is 5. The third-order valence-electron chi connectivity index (χ3n) is 4.83. The van der Waals surface area contributed by atoms with Gasteiger partial charge in [0.25, 0.3) is 10.0 Å². The monoisotopic (exact) mass is 467 g/mol. The molecular formula is C21H23ClFN3O2S2. The van der Waals surface area contributed by atoms with Gasteiger partial charge in [0.05, 0.1) is 16.8 Å². The van der Waals surface area contributed by atoms with Crippen molar-refractivity contribution >= 4 is 43.8 Å². The Hall–Kier alpha value is -2.16. The van der Waals surface area contributed by atoms with Crippen molar-refractivity contribution in [3.05, 3.63) is 70.4 Å². The Balaban J connectivity index is 1.89. The number of nitrogens with one attached hydrogen (secondary N) is 2. The standard InChI is InChI=1S/C21H23ClFN3O2S2/c1-3-14(2)11-18(15-7-5-4-6-8-15)25-19-13-17(23)20(12-16(19)22)30(27,28)26-21-24-9-10-29-21/h4-10,12-14,18,25H,3,11H2,1-2H3,(H,24,26). The predicted octanol–water partition coefficient (Wildman–Crippen LogP) is 6.33. The number of benzene rings is 2. The van der Waals surface area contributed by atoms with E-state index in [1.54, 1.807) is 5.38 Å². The summed E-state index contributed by atoms with van der Waals surface area (Å²) in [5, 5.41) is 5.20. The summed E-state index contributed by atoms with van der Waals surface area (Å²) in [6, 6.07) is 12.0. The maximum absolute atomic E-state index is 14.8. The molecule has 0 bridgehead atoms. The molecule has 0 radical (unpaired) electrons. The van der Waals surface area contributed by atoms with Crippen molar-refractivity contribution in [3.8, 4) is 0 Å². The number of aromatic nitrogens is 1. The molecule has 3 aromatic rings. The lowest BCUT2D eigenvalue weighted by Crippen LogP contribution is -2.17. The largest absolute Gasteiger partial charge is 0.377 e. The van der Waals surface area contributed by atoms with Gasteiger partial charge in [-0.25, -0.2) is 17.8 Å². The van der Waals surface area contributed by atoms with Crippen molar-refractivity contribution in [2.24, 2.45) is 5.92 Å². The van der Waals surface area contributed by atoms with Crippen LogP contribution < -0.4 is 10.0 Å². The molecule has 160 valence electrons. The molecule has 0 aliphatic heterocycles. The van der Waals surface area contributed by atoms with Crippen molar-refractivity contribution in [2.45, 2.75) is 37.6 Å². The zero-order valence-electron chi connectivity index (χ0n) is 16.6. The molecule has 0 aliphatic carbocycles. The molecule has 0 saturated carbocycles. The third kappa shape index (κ3) is 5.50. The molecule has 9 heteroatoms. The van der Waals surface area contributed by atoms with Gasteiger partial charge in [0.2, 0.25) is 0 Å². The second-order valence-electron chi connectivity index (χ2n) is 7.06. The van der Waals surface area contributed by atoms with Crippen LogP contribution in [0.2, 0.25) is 5.02 Å². The van der Waals surface area contributed by atoms with Crippen LogP contribution in [0.5, 0.6) is 0 Å². The van der Waals surface area contributed by atoms with E-state index in [1.165, 1.54) is 6.20 Å². The van der Waals surface area contributed by atoms with Gasteiger partial charge in [0, 0.05) is 11.6 Å². The van der Waals surface area contributed by atoms with Crippen LogP contribution in [0, 0.1) is 11.7 Å². The van der Waals surface area contributed by atoms with Gasteiger partial charge in [-0.3, -0.25) is 4.72 Å². The maximum Gasteiger partial charge on any atom is 0.266 e. The van der Waals surface area contributed by atoms with Crippen LogP contribution in [-0.4, -0.2) is 13.4 Å². The second-order valence-corrected chi connectivity index (χ2v) is 10.0. The van der Waals surface area contributed by atoms with Crippen LogP contribution in [-0.2, 0) is 10.0 Å². The van der Waals surface area contributed by atoms with Crippen LogP contribution in [0.25, 0.3) is 0 Å². The summed E-state index contributed by atoms with van der Waals surface area (Å²) in [5.74, 6) is -0.449. The fourth-order valence-corrected chi connectivity index (χ4v) is 5.17. The van der Waals surface area contributed by atoms with Crippen molar-refractivity contribution < 1.29 is 12.8 Å². The average molecular weight is 468 g/mol. The first-order chi connectivity index (χ1) is 14.3. The van der Waals surface area contributed by atoms with Gasteiger partial charge in [0.1, 0.15) is 10.7 Å². The lowest BCUT2D eigenvalue weighted by molar-refractivity contribution is 0.476. The van der Waals surface area contributed by atoms with E-state index in [1.807, 2.05) is 30.3 Å². The molecular weight excluding hydrogens is 445 g/mol. The van der Waals surface area contributed by atoms with Crippen molar-refractivity contribution in [1.29, 1.82) is 0 Å². The van der Waals surface area contributed by atoms with Gasteiger partial charge < -0.3 is 5.32 Å².